The number of fused-ring (bicyclic) bond motifs is 1. The van der Waals surface area contributed by atoms with Crippen LogP contribution in [0.2, 0.25) is 0 Å². The van der Waals surface area contributed by atoms with Crippen molar-refractivity contribution < 1.29 is 13.2 Å². The van der Waals surface area contributed by atoms with Gasteiger partial charge in [0.05, 0.1) is 27.4 Å². The van der Waals surface area contributed by atoms with Gasteiger partial charge in [-0.05, 0) is 36.8 Å². The van der Waals surface area contributed by atoms with E-state index in [-0.39, 0.29) is 16.6 Å². The summed E-state index contributed by atoms with van der Waals surface area (Å²) >= 11 is 1.66. The summed E-state index contributed by atoms with van der Waals surface area (Å²) in [4.78, 5) is 25.9. The molecule has 1 aliphatic rings. The molecule has 7 nitrogen and oxygen atoms in total. The van der Waals surface area contributed by atoms with Gasteiger partial charge in [0.15, 0.2) is 9.84 Å². The molecule has 0 bridgehead atoms. The molecule has 9 heteroatoms. The van der Waals surface area contributed by atoms with Crippen LogP contribution in [-0.2, 0) is 15.6 Å². The average molecular weight is 493 g/mol. The fourth-order valence-corrected chi connectivity index (χ4v) is 6.54. The second kappa shape index (κ2) is 9.15. The van der Waals surface area contributed by atoms with Crippen LogP contribution in [0.25, 0.3) is 10.9 Å². The van der Waals surface area contributed by atoms with Gasteiger partial charge < -0.3 is 9.80 Å². The number of carbonyl (C=O) groups excluding carboxylic acids is 1. The number of thiazole rings is 1. The second-order valence-corrected chi connectivity index (χ2v) is 11.5. The Labute approximate surface area is 202 Å². The maximum Gasteiger partial charge on any atom is 0.253 e. The highest BCUT2D eigenvalue weighted by molar-refractivity contribution is 7.90. The van der Waals surface area contributed by atoms with Gasteiger partial charge >= 0.3 is 0 Å². The SMILES string of the molecule is Cc1ncc(N2CCN(C(=O)c3ccc(CS(=O)(=O)c4cccc5cccnc45)cc3)CC2)s1. The molecule has 1 aliphatic heterocycles. The summed E-state index contributed by atoms with van der Waals surface area (Å²) < 4.78 is 26.2. The number of sulfone groups is 1. The molecule has 174 valence electrons. The van der Waals surface area contributed by atoms with Crippen LogP contribution in [0.15, 0.2) is 71.9 Å². The summed E-state index contributed by atoms with van der Waals surface area (Å²) in [6.07, 6.45) is 3.48. The van der Waals surface area contributed by atoms with Crippen LogP contribution in [0.1, 0.15) is 20.9 Å². The molecule has 1 fully saturated rings. The molecule has 1 amide bonds. The van der Waals surface area contributed by atoms with Crippen molar-refractivity contribution in [3.8, 4) is 0 Å². The first-order valence-electron chi connectivity index (χ1n) is 11.0. The van der Waals surface area contributed by atoms with E-state index in [4.69, 9.17) is 0 Å². The summed E-state index contributed by atoms with van der Waals surface area (Å²) in [5.41, 5.74) is 1.68. The molecule has 1 saturated heterocycles. The van der Waals surface area contributed by atoms with Gasteiger partial charge in [-0.25, -0.2) is 13.4 Å². The number of benzene rings is 2. The Morgan fingerprint density at radius 3 is 2.41 bits per heavy atom. The minimum Gasteiger partial charge on any atom is -0.359 e. The Balaban J connectivity index is 1.26. The van der Waals surface area contributed by atoms with Crippen molar-refractivity contribution in [2.45, 2.75) is 17.6 Å². The molecular weight excluding hydrogens is 468 g/mol. The standard InChI is InChI=1S/C25H24N4O3S2/c1-18-27-16-23(33-18)28-12-14-29(15-13-28)25(30)21-9-7-19(8-10-21)17-34(31,32)22-6-2-4-20-5-3-11-26-24(20)22/h2-11,16H,12-15,17H2,1H3. The lowest BCUT2D eigenvalue weighted by Crippen LogP contribution is -2.48. The number of para-hydroxylation sites is 1. The van der Waals surface area contributed by atoms with Crippen LogP contribution in [0.5, 0.6) is 0 Å². The second-order valence-electron chi connectivity index (χ2n) is 8.28. The first-order valence-corrected chi connectivity index (χ1v) is 13.5. The van der Waals surface area contributed by atoms with Crippen molar-refractivity contribution in [1.29, 1.82) is 0 Å². The quantitative estimate of drug-likeness (QED) is 0.420. The van der Waals surface area contributed by atoms with Crippen LogP contribution < -0.4 is 4.90 Å². The molecule has 3 heterocycles. The van der Waals surface area contributed by atoms with Crippen LogP contribution in [-0.4, -0.2) is 55.4 Å². The van der Waals surface area contributed by atoms with E-state index < -0.39 is 9.84 Å². The predicted octanol–water partition coefficient (Wildman–Crippen LogP) is 3.94. The van der Waals surface area contributed by atoms with Gasteiger partial charge in [-0.3, -0.25) is 9.78 Å². The third-order valence-electron chi connectivity index (χ3n) is 5.98. The van der Waals surface area contributed by atoms with Gasteiger partial charge in [0.25, 0.3) is 5.91 Å². The van der Waals surface area contributed by atoms with Gasteiger partial charge in [-0.1, -0.05) is 30.3 Å². The topological polar surface area (TPSA) is 83.5 Å². The van der Waals surface area contributed by atoms with Gasteiger partial charge in [0.1, 0.15) is 5.00 Å². The van der Waals surface area contributed by atoms with Gasteiger partial charge in [0, 0.05) is 43.3 Å². The summed E-state index contributed by atoms with van der Waals surface area (Å²) in [5, 5.41) is 2.96. The number of aromatic nitrogens is 2. The number of piperazine rings is 1. The largest absolute Gasteiger partial charge is 0.359 e. The highest BCUT2D eigenvalue weighted by atomic mass is 32.2. The van der Waals surface area contributed by atoms with Crippen molar-refractivity contribution in [2.24, 2.45) is 0 Å². The Morgan fingerprint density at radius 2 is 1.71 bits per heavy atom. The Morgan fingerprint density at radius 1 is 0.971 bits per heavy atom. The fourth-order valence-electron chi connectivity index (χ4n) is 4.18. The number of amides is 1. The van der Waals surface area contributed by atoms with E-state index in [1.807, 2.05) is 30.2 Å². The minimum absolute atomic E-state index is 0.0344. The zero-order valence-electron chi connectivity index (χ0n) is 18.7. The molecule has 0 saturated carbocycles. The Hall–Kier alpha value is -3.30. The molecule has 2 aromatic carbocycles. The number of nitrogens with zero attached hydrogens (tertiary/aromatic N) is 4. The molecule has 0 unspecified atom stereocenters. The number of aryl methyl sites for hydroxylation is 1. The number of carbonyl (C=O) groups is 1. The lowest BCUT2D eigenvalue weighted by Gasteiger charge is -2.35. The van der Waals surface area contributed by atoms with Crippen LogP contribution >= 0.6 is 11.3 Å². The number of hydrogen-bond donors (Lipinski definition) is 0. The molecular formula is C25H24N4O3S2. The molecule has 4 aromatic rings. The number of pyridine rings is 1. The van der Waals surface area contributed by atoms with Crippen LogP contribution in [0.4, 0.5) is 5.00 Å². The normalized spacial score (nSPS) is 14.5. The van der Waals surface area contributed by atoms with E-state index in [1.54, 1.807) is 60.0 Å². The molecule has 5 rings (SSSR count). The van der Waals surface area contributed by atoms with Gasteiger partial charge in [-0.15, -0.1) is 11.3 Å². The number of hydrogen-bond acceptors (Lipinski definition) is 7. The molecule has 0 N–H and O–H groups in total. The first-order chi connectivity index (χ1) is 16.4. The summed E-state index contributed by atoms with van der Waals surface area (Å²) in [7, 11) is -3.59. The van der Waals surface area contributed by atoms with Gasteiger partial charge in [0.2, 0.25) is 0 Å². The van der Waals surface area contributed by atoms with Crippen molar-refractivity contribution in [1.82, 2.24) is 14.9 Å². The van der Waals surface area contributed by atoms with Crippen molar-refractivity contribution in [3.05, 3.63) is 83.1 Å². The molecule has 0 aliphatic carbocycles. The van der Waals surface area contributed by atoms with E-state index in [0.717, 1.165) is 28.5 Å². The lowest BCUT2D eigenvalue weighted by atomic mass is 10.1. The molecule has 34 heavy (non-hydrogen) atoms. The molecule has 0 radical (unpaired) electrons. The van der Waals surface area contributed by atoms with Gasteiger partial charge in [-0.2, -0.15) is 0 Å². The van der Waals surface area contributed by atoms with E-state index in [1.165, 1.54) is 0 Å². The molecule has 0 atom stereocenters. The predicted molar refractivity (Wildman–Crippen MR) is 134 cm³/mol. The first kappa shape index (κ1) is 22.5. The molecule has 0 spiro atoms. The zero-order chi connectivity index (χ0) is 23.7. The maximum atomic E-state index is 13.1. The monoisotopic (exact) mass is 492 g/mol. The van der Waals surface area contributed by atoms with Crippen LogP contribution in [0, 0.1) is 6.92 Å². The molecule has 2 aromatic heterocycles. The lowest BCUT2D eigenvalue weighted by molar-refractivity contribution is 0.0747. The number of anilines is 1. The third-order valence-corrected chi connectivity index (χ3v) is 8.66. The third kappa shape index (κ3) is 4.53. The number of rotatable bonds is 5. The van der Waals surface area contributed by atoms with Crippen molar-refractivity contribution in [2.75, 3.05) is 31.1 Å². The van der Waals surface area contributed by atoms with Crippen LogP contribution in [0.3, 0.4) is 0 Å². The highest BCUT2D eigenvalue weighted by Gasteiger charge is 2.24. The highest BCUT2D eigenvalue weighted by Crippen LogP contribution is 2.26. The Kier molecular flexibility index (Phi) is 6.05. The summed E-state index contributed by atoms with van der Waals surface area (Å²) in [6, 6.07) is 15.7. The zero-order valence-corrected chi connectivity index (χ0v) is 20.3. The fraction of sp³-hybridized carbons (Fsp3) is 0.240. The Bertz CT molecular complexity index is 1440. The smallest absolute Gasteiger partial charge is 0.253 e. The summed E-state index contributed by atoms with van der Waals surface area (Å²) in [5.74, 6) is -0.183. The van der Waals surface area contributed by atoms with Crippen molar-refractivity contribution in [3.63, 3.8) is 0 Å². The average Bonchev–Trinajstić information content (AvgIpc) is 3.30. The van der Waals surface area contributed by atoms with E-state index >= 15 is 0 Å². The van der Waals surface area contributed by atoms with E-state index in [9.17, 15) is 13.2 Å². The van der Waals surface area contributed by atoms with E-state index in [2.05, 4.69) is 14.9 Å². The van der Waals surface area contributed by atoms with Crippen molar-refractivity contribution >= 4 is 43.0 Å². The van der Waals surface area contributed by atoms with E-state index in [0.29, 0.717) is 29.7 Å². The summed E-state index contributed by atoms with van der Waals surface area (Å²) in [6.45, 7) is 4.80. The minimum atomic E-state index is -3.59. The maximum absolute atomic E-state index is 13.1.